The van der Waals surface area contributed by atoms with E-state index >= 15 is 0 Å². The first-order valence-electron chi connectivity index (χ1n) is 7.95. The van der Waals surface area contributed by atoms with Gasteiger partial charge in [0, 0.05) is 0 Å². The predicted octanol–water partition coefficient (Wildman–Crippen LogP) is 5.93. The van der Waals surface area contributed by atoms with Crippen molar-refractivity contribution in [2.24, 2.45) is 0 Å². The summed E-state index contributed by atoms with van der Waals surface area (Å²) < 4.78 is 0. The summed E-state index contributed by atoms with van der Waals surface area (Å²) in [7, 11) is 0. The second-order valence-electron chi connectivity index (χ2n) is 5.39. The van der Waals surface area contributed by atoms with Crippen LogP contribution >= 0.6 is 0 Å². The zero-order chi connectivity index (χ0) is 13.1. The molecule has 0 N–H and O–H groups in total. The van der Waals surface area contributed by atoms with Gasteiger partial charge in [0.2, 0.25) is 0 Å². The third-order valence-electron chi connectivity index (χ3n) is 3.69. The van der Waals surface area contributed by atoms with Crippen LogP contribution in [0.2, 0.25) is 0 Å². The number of aryl methyl sites for hydroxylation is 2. The van der Waals surface area contributed by atoms with Crippen LogP contribution in [-0.4, -0.2) is 0 Å². The third kappa shape index (κ3) is 6.23. The predicted molar refractivity (Wildman–Crippen MR) is 82.1 cm³/mol. The first-order chi connectivity index (χ1) is 8.88. The Morgan fingerprint density at radius 3 is 1.78 bits per heavy atom. The van der Waals surface area contributed by atoms with Crippen molar-refractivity contribution in [1.82, 2.24) is 0 Å². The average molecular weight is 246 g/mol. The Bertz CT molecular complexity index is 301. The van der Waals surface area contributed by atoms with Crippen LogP contribution in [0, 0.1) is 0 Å². The lowest BCUT2D eigenvalue weighted by Gasteiger charge is -2.08. The van der Waals surface area contributed by atoms with Crippen molar-refractivity contribution in [1.29, 1.82) is 0 Å². The standard InChI is InChI=1S/C18H30/c1-3-5-6-7-8-9-10-14-18-16-12-11-15-17(18)13-4-2/h11-12,15-16H,3-10,13-14H2,1-2H3. The normalized spacial score (nSPS) is 10.8. The molecule has 0 spiro atoms. The Hall–Kier alpha value is -0.780. The molecule has 1 aromatic carbocycles. The SMILES string of the molecule is CCCCCCCCCc1ccccc1CCC. The highest BCUT2D eigenvalue weighted by atomic mass is 14.1. The monoisotopic (exact) mass is 246 g/mol. The van der Waals surface area contributed by atoms with E-state index in [1.54, 1.807) is 11.1 Å². The van der Waals surface area contributed by atoms with Gasteiger partial charge in [-0.3, -0.25) is 0 Å². The van der Waals surface area contributed by atoms with Crippen molar-refractivity contribution in [3.05, 3.63) is 35.4 Å². The van der Waals surface area contributed by atoms with Crippen LogP contribution in [0.3, 0.4) is 0 Å². The van der Waals surface area contributed by atoms with Gasteiger partial charge >= 0.3 is 0 Å². The van der Waals surface area contributed by atoms with Gasteiger partial charge in [-0.15, -0.1) is 0 Å². The van der Waals surface area contributed by atoms with Gasteiger partial charge in [-0.05, 0) is 30.4 Å². The van der Waals surface area contributed by atoms with E-state index in [9.17, 15) is 0 Å². The first-order valence-corrected chi connectivity index (χ1v) is 7.95. The maximum Gasteiger partial charge on any atom is -0.0276 e. The molecule has 0 atom stereocenters. The van der Waals surface area contributed by atoms with E-state index in [1.807, 2.05) is 0 Å². The molecule has 0 fully saturated rings. The van der Waals surface area contributed by atoms with E-state index in [1.165, 1.54) is 64.2 Å². The molecule has 102 valence electrons. The fraction of sp³-hybridized carbons (Fsp3) is 0.667. The molecule has 0 saturated carbocycles. The molecule has 0 heterocycles. The van der Waals surface area contributed by atoms with Gasteiger partial charge in [-0.2, -0.15) is 0 Å². The minimum absolute atomic E-state index is 1.24. The zero-order valence-corrected chi connectivity index (χ0v) is 12.4. The molecule has 0 aliphatic rings. The van der Waals surface area contributed by atoms with Crippen LogP contribution in [-0.2, 0) is 12.8 Å². The minimum atomic E-state index is 1.24. The number of benzene rings is 1. The molecule has 18 heavy (non-hydrogen) atoms. The van der Waals surface area contributed by atoms with E-state index < -0.39 is 0 Å². The smallest absolute Gasteiger partial charge is 0.0276 e. The van der Waals surface area contributed by atoms with Crippen molar-refractivity contribution < 1.29 is 0 Å². The van der Waals surface area contributed by atoms with Crippen molar-refractivity contribution >= 4 is 0 Å². The first kappa shape index (κ1) is 15.3. The highest BCUT2D eigenvalue weighted by Gasteiger charge is 2.00. The molecule has 0 radical (unpaired) electrons. The molecule has 0 aliphatic carbocycles. The molecular weight excluding hydrogens is 216 g/mol. The lowest BCUT2D eigenvalue weighted by Crippen LogP contribution is -1.94. The molecule has 0 bridgehead atoms. The number of hydrogen-bond acceptors (Lipinski definition) is 0. The quantitative estimate of drug-likeness (QED) is 0.449. The second-order valence-corrected chi connectivity index (χ2v) is 5.39. The third-order valence-corrected chi connectivity index (χ3v) is 3.69. The summed E-state index contributed by atoms with van der Waals surface area (Å²) >= 11 is 0. The van der Waals surface area contributed by atoms with Crippen LogP contribution in [0.15, 0.2) is 24.3 Å². The molecule has 0 saturated heterocycles. The van der Waals surface area contributed by atoms with Crippen LogP contribution < -0.4 is 0 Å². The van der Waals surface area contributed by atoms with Gasteiger partial charge in [-0.1, -0.05) is 83.1 Å². The topological polar surface area (TPSA) is 0 Å². The number of rotatable bonds is 10. The summed E-state index contributed by atoms with van der Waals surface area (Å²) in [4.78, 5) is 0. The van der Waals surface area contributed by atoms with Crippen LogP contribution in [0.25, 0.3) is 0 Å². The summed E-state index contributed by atoms with van der Waals surface area (Å²) in [5, 5.41) is 0. The Balaban J connectivity index is 2.18. The van der Waals surface area contributed by atoms with Crippen molar-refractivity contribution in [2.75, 3.05) is 0 Å². The second kappa shape index (κ2) is 10.2. The van der Waals surface area contributed by atoms with Gasteiger partial charge in [0.05, 0.1) is 0 Å². The lowest BCUT2D eigenvalue weighted by molar-refractivity contribution is 0.588. The van der Waals surface area contributed by atoms with Crippen molar-refractivity contribution in [3.63, 3.8) is 0 Å². The van der Waals surface area contributed by atoms with E-state index in [0.29, 0.717) is 0 Å². The van der Waals surface area contributed by atoms with Crippen LogP contribution in [0.1, 0.15) is 76.3 Å². The Kier molecular flexibility index (Phi) is 8.63. The van der Waals surface area contributed by atoms with Crippen molar-refractivity contribution in [2.45, 2.75) is 78.1 Å². The molecule has 0 aliphatic heterocycles. The minimum Gasteiger partial charge on any atom is -0.0654 e. The zero-order valence-electron chi connectivity index (χ0n) is 12.4. The lowest BCUT2D eigenvalue weighted by atomic mass is 9.98. The molecule has 1 rings (SSSR count). The van der Waals surface area contributed by atoms with E-state index in [4.69, 9.17) is 0 Å². The molecule has 1 aromatic rings. The maximum atomic E-state index is 2.32. The number of hydrogen-bond donors (Lipinski definition) is 0. The number of unbranched alkanes of at least 4 members (excludes halogenated alkanes) is 6. The van der Waals surface area contributed by atoms with Crippen LogP contribution in [0.5, 0.6) is 0 Å². The van der Waals surface area contributed by atoms with Gasteiger partial charge < -0.3 is 0 Å². The fourth-order valence-electron chi connectivity index (χ4n) is 2.59. The van der Waals surface area contributed by atoms with E-state index in [-0.39, 0.29) is 0 Å². The summed E-state index contributed by atoms with van der Waals surface area (Å²) in [6.07, 6.45) is 13.6. The van der Waals surface area contributed by atoms with Gasteiger partial charge in [0.25, 0.3) is 0 Å². The maximum absolute atomic E-state index is 2.32. The molecule has 0 heteroatoms. The van der Waals surface area contributed by atoms with Gasteiger partial charge in [-0.25, -0.2) is 0 Å². The molecular formula is C18H30. The molecule has 0 nitrogen and oxygen atoms in total. The Labute approximate surface area is 114 Å². The molecule has 0 unspecified atom stereocenters. The van der Waals surface area contributed by atoms with E-state index in [0.717, 1.165) is 0 Å². The molecule has 0 aromatic heterocycles. The summed E-state index contributed by atoms with van der Waals surface area (Å²) in [6.45, 7) is 4.55. The Morgan fingerprint density at radius 2 is 1.17 bits per heavy atom. The summed E-state index contributed by atoms with van der Waals surface area (Å²) in [5.41, 5.74) is 3.17. The van der Waals surface area contributed by atoms with Crippen LogP contribution in [0.4, 0.5) is 0 Å². The summed E-state index contributed by atoms with van der Waals surface area (Å²) in [5.74, 6) is 0. The fourth-order valence-corrected chi connectivity index (χ4v) is 2.59. The summed E-state index contributed by atoms with van der Waals surface area (Å²) in [6, 6.07) is 9.00. The molecule has 0 amide bonds. The Morgan fingerprint density at radius 1 is 0.611 bits per heavy atom. The average Bonchev–Trinajstić information content (AvgIpc) is 2.40. The largest absolute Gasteiger partial charge is 0.0654 e. The van der Waals surface area contributed by atoms with E-state index in [2.05, 4.69) is 38.1 Å². The van der Waals surface area contributed by atoms with Crippen molar-refractivity contribution in [3.8, 4) is 0 Å². The van der Waals surface area contributed by atoms with Gasteiger partial charge in [0.1, 0.15) is 0 Å². The van der Waals surface area contributed by atoms with Gasteiger partial charge in [0.15, 0.2) is 0 Å². The highest BCUT2D eigenvalue weighted by Crippen LogP contribution is 2.15. The highest BCUT2D eigenvalue weighted by molar-refractivity contribution is 5.27.